The van der Waals surface area contributed by atoms with Crippen LogP contribution in [0.1, 0.15) is 42.4 Å². The van der Waals surface area contributed by atoms with Gasteiger partial charge in [0.25, 0.3) is 11.8 Å². The highest BCUT2D eigenvalue weighted by Gasteiger charge is 2.45. The third kappa shape index (κ3) is 8.21. The number of halogens is 2. The number of aliphatic hydroxyl groups excluding tert-OH is 2. The van der Waals surface area contributed by atoms with Crippen LogP contribution in [0.2, 0.25) is 0 Å². The van der Waals surface area contributed by atoms with Crippen molar-refractivity contribution in [1.82, 2.24) is 15.1 Å². The molecular formula is C37H39BrFN3O7. The molecule has 2 heterocycles. The lowest BCUT2D eigenvalue weighted by Crippen LogP contribution is -2.64. The number of piperazine rings is 1. The van der Waals surface area contributed by atoms with E-state index in [1.807, 2.05) is 59.5 Å². The molecule has 4 N–H and O–H groups in total. The predicted octanol–water partition coefficient (Wildman–Crippen LogP) is 3.92. The van der Waals surface area contributed by atoms with Crippen molar-refractivity contribution >= 4 is 39.3 Å². The Bertz CT molecular complexity index is 1720. The first kappa shape index (κ1) is 34.8. The van der Waals surface area contributed by atoms with E-state index in [1.54, 1.807) is 6.07 Å². The van der Waals surface area contributed by atoms with Gasteiger partial charge in [0.1, 0.15) is 11.6 Å². The van der Waals surface area contributed by atoms with Crippen molar-refractivity contribution in [1.29, 1.82) is 0 Å². The average molecular weight is 737 g/mol. The van der Waals surface area contributed by atoms with E-state index in [4.69, 9.17) is 9.84 Å². The third-order valence-electron chi connectivity index (χ3n) is 9.26. The highest BCUT2D eigenvalue weighted by atomic mass is 79.9. The second kappa shape index (κ2) is 15.2. The molecule has 4 atom stereocenters. The number of aliphatic carboxylic acids is 1. The lowest BCUT2D eigenvalue weighted by atomic mass is 9.82. The molecule has 2 bridgehead atoms. The van der Waals surface area contributed by atoms with Crippen molar-refractivity contribution in [3.63, 3.8) is 0 Å². The minimum atomic E-state index is -2.25. The van der Waals surface area contributed by atoms with E-state index < -0.39 is 30.1 Å². The number of aryl methyl sites for hydroxylation is 1. The second-order valence-electron chi connectivity index (χ2n) is 12.9. The number of carbonyl (C=O) groups is 3. The van der Waals surface area contributed by atoms with Crippen LogP contribution < -0.4 is 10.1 Å². The van der Waals surface area contributed by atoms with Crippen LogP contribution in [-0.4, -0.2) is 92.9 Å². The zero-order chi connectivity index (χ0) is 34.7. The van der Waals surface area contributed by atoms with E-state index >= 15 is 0 Å². The van der Waals surface area contributed by atoms with Gasteiger partial charge in [-0.25, -0.2) is 9.18 Å². The Morgan fingerprint density at radius 2 is 1.71 bits per heavy atom. The Balaban J connectivity index is 1.24. The monoisotopic (exact) mass is 735 g/mol. The molecule has 1 aliphatic carbocycles. The Hall–Kier alpha value is -4.10. The molecule has 258 valence electrons. The minimum Gasteiger partial charge on any atom is -0.492 e. The number of carbonyl (C=O) groups excluding carboxylic acids is 2. The molecule has 3 aromatic carbocycles. The summed E-state index contributed by atoms with van der Waals surface area (Å²) in [7, 11) is 0. The highest BCUT2D eigenvalue weighted by Crippen LogP contribution is 2.37. The summed E-state index contributed by atoms with van der Waals surface area (Å²) >= 11 is 3.38. The van der Waals surface area contributed by atoms with Crippen molar-refractivity contribution < 1.29 is 38.8 Å². The summed E-state index contributed by atoms with van der Waals surface area (Å²) in [4.78, 5) is 42.3. The molecule has 0 radical (unpaired) electrons. The average Bonchev–Trinajstić information content (AvgIpc) is 3.95. The molecule has 1 saturated carbocycles. The molecule has 6 rings (SSSR count). The normalized spacial score (nSPS) is 20.0. The maximum absolute atomic E-state index is 14.6. The summed E-state index contributed by atoms with van der Waals surface area (Å²) in [6, 6.07) is 21.5. The van der Waals surface area contributed by atoms with Gasteiger partial charge in [-0.2, -0.15) is 0 Å². The van der Waals surface area contributed by atoms with Gasteiger partial charge in [0.05, 0.1) is 17.1 Å². The standard InChI is InChI=1S/C37H39BrFN3O7/c38-29-15-12-25(39)17-31(29)49-16-4-7-22-8-10-24(11-9-22)28-18-26-20-41(36(46)33(43)34(44)37(47)48)21-30(40-26)32(28)35(45)42(27-13-14-27)19-23-5-2-1-3-6-23/h1-3,5-6,8-12,15,17,26-27,30,33-34,40,43-44H,4,7,13-14,16,18-21H2,(H,47,48)/t26-,30-,33+,34+/m1/s1. The predicted molar refractivity (Wildman–Crippen MR) is 183 cm³/mol. The van der Waals surface area contributed by atoms with E-state index in [2.05, 4.69) is 21.2 Å². The van der Waals surface area contributed by atoms with E-state index in [0.717, 1.165) is 41.5 Å². The first-order chi connectivity index (χ1) is 23.6. The third-order valence-corrected chi connectivity index (χ3v) is 9.91. The number of aliphatic hydroxyl groups is 2. The fraction of sp³-hybridized carbons (Fsp3) is 0.378. The zero-order valence-electron chi connectivity index (χ0n) is 26.8. The molecule has 49 heavy (non-hydrogen) atoms. The van der Waals surface area contributed by atoms with Gasteiger partial charge in [-0.15, -0.1) is 0 Å². The van der Waals surface area contributed by atoms with E-state index in [0.29, 0.717) is 41.8 Å². The topological polar surface area (TPSA) is 140 Å². The molecule has 0 aromatic heterocycles. The van der Waals surface area contributed by atoms with E-state index in [9.17, 15) is 29.0 Å². The van der Waals surface area contributed by atoms with Crippen molar-refractivity contribution in [3.8, 4) is 5.75 Å². The van der Waals surface area contributed by atoms with Gasteiger partial charge in [-0.05, 0) is 82.4 Å². The number of ether oxygens (including phenoxy) is 1. The van der Waals surface area contributed by atoms with E-state index in [-0.39, 0.29) is 36.9 Å². The number of hydrogen-bond acceptors (Lipinski definition) is 7. The number of benzene rings is 3. The van der Waals surface area contributed by atoms with Crippen molar-refractivity contribution in [2.75, 3.05) is 19.7 Å². The van der Waals surface area contributed by atoms with Crippen LogP contribution >= 0.6 is 15.9 Å². The molecule has 3 aliphatic rings. The summed E-state index contributed by atoms with van der Waals surface area (Å²) < 4.78 is 20.1. The number of nitrogens with one attached hydrogen (secondary N) is 1. The highest BCUT2D eigenvalue weighted by molar-refractivity contribution is 9.10. The summed E-state index contributed by atoms with van der Waals surface area (Å²) in [5.41, 5.74) is 4.43. The van der Waals surface area contributed by atoms with Crippen LogP contribution in [0.25, 0.3) is 5.57 Å². The van der Waals surface area contributed by atoms with E-state index in [1.165, 1.54) is 17.0 Å². The molecule has 0 spiro atoms. The number of rotatable bonds is 13. The number of carboxylic acid groups (broad SMARTS) is 1. The molecule has 1 saturated heterocycles. The number of fused-ring (bicyclic) bond motifs is 2. The summed E-state index contributed by atoms with van der Waals surface area (Å²) in [6.45, 7) is 1.07. The van der Waals surface area contributed by atoms with Crippen LogP contribution in [0.5, 0.6) is 5.75 Å². The molecule has 2 aliphatic heterocycles. The Labute approximate surface area is 292 Å². The van der Waals surface area contributed by atoms with Gasteiger partial charge in [-0.3, -0.25) is 9.59 Å². The smallest absolute Gasteiger partial charge is 0.335 e. The second-order valence-corrected chi connectivity index (χ2v) is 13.7. The molecule has 2 amide bonds. The Morgan fingerprint density at radius 3 is 2.41 bits per heavy atom. The first-order valence-corrected chi connectivity index (χ1v) is 17.3. The molecule has 0 unspecified atom stereocenters. The molecule has 2 fully saturated rings. The number of carboxylic acids is 1. The molecule has 12 heteroatoms. The summed E-state index contributed by atoms with van der Waals surface area (Å²) in [5.74, 6) is -2.61. The SMILES string of the molecule is O=C(O)[C@@H](O)[C@H](O)C(=O)N1C[C@H]2CC(c3ccc(CCCOc4cc(F)ccc4Br)cc3)=C(C(=O)N(Cc3ccccc3)C3CC3)[C@@H](C1)N2. The largest absolute Gasteiger partial charge is 0.492 e. The quantitative estimate of drug-likeness (QED) is 0.194. The summed E-state index contributed by atoms with van der Waals surface area (Å²) in [5, 5.41) is 32.9. The van der Waals surface area contributed by atoms with Gasteiger partial charge in [0.15, 0.2) is 12.2 Å². The first-order valence-electron chi connectivity index (χ1n) is 16.5. The Kier molecular flexibility index (Phi) is 10.8. The van der Waals surface area contributed by atoms with Crippen LogP contribution in [0.3, 0.4) is 0 Å². The molecule has 3 aromatic rings. The van der Waals surface area contributed by atoms with Crippen LogP contribution in [0.15, 0.2) is 82.8 Å². The fourth-order valence-electron chi connectivity index (χ4n) is 6.61. The number of hydrogen-bond donors (Lipinski definition) is 4. The fourth-order valence-corrected chi connectivity index (χ4v) is 6.97. The van der Waals surface area contributed by atoms with Crippen LogP contribution in [-0.2, 0) is 27.3 Å². The zero-order valence-corrected chi connectivity index (χ0v) is 28.4. The number of amides is 2. The van der Waals surface area contributed by atoms with Gasteiger partial charge >= 0.3 is 5.97 Å². The minimum absolute atomic E-state index is 0.0344. The van der Waals surface area contributed by atoms with Crippen molar-refractivity contribution in [2.24, 2.45) is 0 Å². The van der Waals surface area contributed by atoms with Gasteiger partial charge in [0, 0.05) is 43.4 Å². The number of nitrogens with zero attached hydrogens (tertiary/aromatic N) is 2. The van der Waals surface area contributed by atoms with Crippen LogP contribution in [0, 0.1) is 5.82 Å². The summed E-state index contributed by atoms with van der Waals surface area (Å²) in [6.07, 6.45) is -0.685. The van der Waals surface area contributed by atoms with Crippen molar-refractivity contribution in [2.45, 2.75) is 69.0 Å². The van der Waals surface area contributed by atoms with Gasteiger partial charge in [-0.1, -0.05) is 54.6 Å². The molecule has 10 nitrogen and oxygen atoms in total. The molecular weight excluding hydrogens is 697 g/mol. The Morgan fingerprint density at radius 1 is 0.980 bits per heavy atom. The van der Waals surface area contributed by atoms with Gasteiger partial charge in [0.2, 0.25) is 0 Å². The lowest BCUT2D eigenvalue weighted by molar-refractivity contribution is -0.163. The van der Waals surface area contributed by atoms with Crippen LogP contribution in [0.4, 0.5) is 4.39 Å². The maximum Gasteiger partial charge on any atom is 0.335 e. The van der Waals surface area contributed by atoms with Gasteiger partial charge < -0.3 is 35.2 Å². The van der Waals surface area contributed by atoms with Crippen molar-refractivity contribution in [3.05, 3.63) is 105 Å². The maximum atomic E-state index is 14.6. The lowest BCUT2D eigenvalue weighted by Gasteiger charge is -2.45.